The monoisotopic (exact) mass is 229 g/mol. The van der Waals surface area contributed by atoms with E-state index in [0.717, 1.165) is 13.0 Å². The van der Waals surface area contributed by atoms with Gasteiger partial charge in [0.05, 0.1) is 0 Å². The Bertz CT molecular complexity index is 163. The van der Waals surface area contributed by atoms with Crippen molar-refractivity contribution in [2.24, 2.45) is 11.3 Å². The van der Waals surface area contributed by atoms with Gasteiger partial charge < -0.3 is 10.0 Å². The SMILES string of the molecule is CCN(C)CCC[C@H](CCO)CC(C)(C)C. The minimum absolute atomic E-state index is 0.338. The second kappa shape index (κ2) is 8.08. The number of rotatable bonds is 8. The summed E-state index contributed by atoms with van der Waals surface area (Å²) in [6, 6.07) is 0. The zero-order chi connectivity index (χ0) is 12.6. The molecule has 0 aromatic heterocycles. The Kier molecular flexibility index (Phi) is 8.04. The van der Waals surface area contributed by atoms with E-state index >= 15 is 0 Å². The molecule has 0 aliphatic heterocycles. The highest BCUT2D eigenvalue weighted by atomic mass is 16.3. The molecule has 0 radical (unpaired) electrons. The van der Waals surface area contributed by atoms with Crippen molar-refractivity contribution >= 4 is 0 Å². The van der Waals surface area contributed by atoms with Gasteiger partial charge in [-0.2, -0.15) is 0 Å². The van der Waals surface area contributed by atoms with E-state index in [1.165, 1.54) is 25.8 Å². The van der Waals surface area contributed by atoms with Gasteiger partial charge in [-0.25, -0.2) is 0 Å². The summed E-state index contributed by atoms with van der Waals surface area (Å²) in [5.41, 5.74) is 0.385. The van der Waals surface area contributed by atoms with Gasteiger partial charge in [0, 0.05) is 6.61 Å². The van der Waals surface area contributed by atoms with Crippen LogP contribution in [0.25, 0.3) is 0 Å². The van der Waals surface area contributed by atoms with Crippen molar-refractivity contribution in [2.75, 3.05) is 26.7 Å². The van der Waals surface area contributed by atoms with Crippen molar-refractivity contribution in [1.29, 1.82) is 0 Å². The average molecular weight is 229 g/mol. The van der Waals surface area contributed by atoms with Gasteiger partial charge in [-0.1, -0.05) is 27.7 Å². The van der Waals surface area contributed by atoms with Gasteiger partial charge in [-0.15, -0.1) is 0 Å². The van der Waals surface area contributed by atoms with Crippen LogP contribution in [0, 0.1) is 11.3 Å². The van der Waals surface area contributed by atoms with Crippen molar-refractivity contribution in [3.05, 3.63) is 0 Å². The van der Waals surface area contributed by atoms with E-state index in [4.69, 9.17) is 5.11 Å². The predicted molar refractivity (Wildman–Crippen MR) is 71.7 cm³/mol. The minimum Gasteiger partial charge on any atom is -0.396 e. The fraction of sp³-hybridized carbons (Fsp3) is 1.00. The van der Waals surface area contributed by atoms with Gasteiger partial charge in [-0.05, 0) is 57.2 Å². The molecular weight excluding hydrogens is 198 g/mol. The summed E-state index contributed by atoms with van der Waals surface area (Å²) in [7, 11) is 2.17. The lowest BCUT2D eigenvalue weighted by Gasteiger charge is -2.26. The molecule has 0 aromatic rings. The number of aliphatic hydroxyl groups is 1. The third-order valence-corrected chi connectivity index (χ3v) is 3.13. The standard InChI is InChI=1S/C14H31NO/c1-6-15(5)10-7-8-13(9-11-16)12-14(2,3)4/h13,16H,6-12H2,1-5H3/t13-/m1/s1. The van der Waals surface area contributed by atoms with E-state index in [9.17, 15) is 0 Å². The Balaban J connectivity index is 3.85. The zero-order valence-corrected chi connectivity index (χ0v) is 11.9. The zero-order valence-electron chi connectivity index (χ0n) is 11.9. The van der Waals surface area contributed by atoms with Crippen molar-refractivity contribution in [1.82, 2.24) is 4.90 Å². The molecule has 0 saturated heterocycles. The van der Waals surface area contributed by atoms with Crippen LogP contribution in [0.4, 0.5) is 0 Å². The van der Waals surface area contributed by atoms with Gasteiger partial charge in [0.25, 0.3) is 0 Å². The molecule has 0 spiro atoms. The van der Waals surface area contributed by atoms with Gasteiger partial charge in [0.15, 0.2) is 0 Å². The Labute approximate surface area is 102 Å². The fourth-order valence-electron chi connectivity index (χ4n) is 2.21. The summed E-state index contributed by atoms with van der Waals surface area (Å²) in [5, 5.41) is 9.08. The molecular formula is C14H31NO. The van der Waals surface area contributed by atoms with Crippen LogP contribution >= 0.6 is 0 Å². The first-order valence-corrected chi connectivity index (χ1v) is 6.68. The Morgan fingerprint density at radius 1 is 1.19 bits per heavy atom. The molecule has 16 heavy (non-hydrogen) atoms. The lowest BCUT2D eigenvalue weighted by Crippen LogP contribution is -2.21. The molecule has 0 rings (SSSR count). The number of nitrogens with zero attached hydrogens (tertiary/aromatic N) is 1. The third-order valence-electron chi connectivity index (χ3n) is 3.13. The van der Waals surface area contributed by atoms with Crippen molar-refractivity contribution in [3.63, 3.8) is 0 Å². The lowest BCUT2D eigenvalue weighted by molar-refractivity contribution is 0.203. The van der Waals surface area contributed by atoms with E-state index in [0.29, 0.717) is 17.9 Å². The molecule has 0 aliphatic rings. The number of aliphatic hydroxyl groups excluding tert-OH is 1. The third kappa shape index (κ3) is 9.17. The summed E-state index contributed by atoms with van der Waals surface area (Å²) in [6.07, 6.45) is 4.70. The molecule has 2 nitrogen and oxygen atoms in total. The molecule has 98 valence electrons. The van der Waals surface area contributed by atoms with Crippen molar-refractivity contribution in [3.8, 4) is 0 Å². The highest BCUT2D eigenvalue weighted by molar-refractivity contribution is 4.70. The molecule has 0 amide bonds. The second-order valence-electron chi connectivity index (χ2n) is 6.18. The van der Waals surface area contributed by atoms with Crippen LogP contribution in [0.3, 0.4) is 0 Å². The maximum absolute atomic E-state index is 9.08. The second-order valence-corrected chi connectivity index (χ2v) is 6.18. The van der Waals surface area contributed by atoms with E-state index in [1.807, 2.05) is 0 Å². The van der Waals surface area contributed by atoms with Gasteiger partial charge in [0.1, 0.15) is 0 Å². The average Bonchev–Trinajstić information content (AvgIpc) is 2.15. The fourth-order valence-corrected chi connectivity index (χ4v) is 2.21. The summed E-state index contributed by atoms with van der Waals surface area (Å²) in [4.78, 5) is 2.35. The molecule has 0 aliphatic carbocycles. The molecule has 0 unspecified atom stereocenters. The topological polar surface area (TPSA) is 23.5 Å². The Morgan fingerprint density at radius 2 is 1.81 bits per heavy atom. The number of hydrogen-bond acceptors (Lipinski definition) is 2. The van der Waals surface area contributed by atoms with Crippen molar-refractivity contribution < 1.29 is 5.11 Å². The van der Waals surface area contributed by atoms with Crippen LogP contribution < -0.4 is 0 Å². The molecule has 0 aromatic carbocycles. The lowest BCUT2D eigenvalue weighted by atomic mass is 9.81. The first kappa shape index (κ1) is 15.9. The van der Waals surface area contributed by atoms with Crippen LogP contribution in [-0.2, 0) is 0 Å². The molecule has 1 N–H and O–H groups in total. The normalized spacial score (nSPS) is 14.4. The van der Waals surface area contributed by atoms with E-state index in [-0.39, 0.29) is 0 Å². The van der Waals surface area contributed by atoms with Crippen LogP contribution in [0.2, 0.25) is 0 Å². The van der Waals surface area contributed by atoms with Crippen LogP contribution in [0.1, 0.15) is 53.4 Å². The van der Waals surface area contributed by atoms with Gasteiger partial charge in [-0.3, -0.25) is 0 Å². The van der Waals surface area contributed by atoms with Crippen LogP contribution in [0.15, 0.2) is 0 Å². The molecule has 0 saturated carbocycles. The molecule has 0 bridgehead atoms. The van der Waals surface area contributed by atoms with E-state index < -0.39 is 0 Å². The number of hydrogen-bond donors (Lipinski definition) is 1. The van der Waals surface area contributed by atoms with Gasteiger partial charge >= 0.3 is 0 Å². The molecule has 0 fully saturated rings. The maximum Gasteiger partial charge on any atom is 0.0433 e. The highest BCUT2D eigenvalue weighted by Gasteiger charge is 2.18. The van der Waals surface area contributed by atoms with E-state index in [1.54, 1.807) is 0 Å². The summed E-state index contributed by atoms with van der Waals surface area (Å²) >= 11 is 0. The largest absolute Gasteiger partial charge is 0.396 e. The molecule has 0 heterocycles. The summed E-state index contributed by atoms with van der Waals surface area (Å²) < 4.78 is 0. The first-order valence-electron chi connectivity index (χ1n) is 6.68. The van der Waals surface area contributed by atoms with Crippen LogP contribution in [-0.4, -0.2) is 36.8 Å². The Hall–Kier alpha value is -0.0800. The smallest absolute Gasteiger partial charge is 0.0433 e. The van der Waals surface area contributed by atoms with Crippen LogP contribution in [0.5, 0.6) is 0 Å². The Morgan fingerprint density at radius 3 is 2.25 bits per heavy atom. The molecule has 1 atom stereocenters. The summed E-state index contributed by atoms with van der Waals surface area (Å²) in [5.74, 6) is 0.690. The highest BCUT2D eigenvalue weighted by Crippen LogP contribution is 2.29. The predicted octanol–water partition coefficient (Wildman–Crippen LogP) is 3.15. The molecule has 2 heteroatoms. The quantitative estimate of drug-likeness (QED) is 0.691. The maximum atomic E-state index is 9.08. The summed E-state index contributed by atoms with van der Waals surface area (Å²) in [6.45, 7) is 11.7. The van der Waals surface area contributed by atoms with Crippen molar-refractivity contribution in [2.45, 2.75) is 53.4 Å². The first-order chi connectivity index (χ1) is 7.39. The minimum atomic E-state index is 0.338. The van der Waals surface area contributed by atoms with Gasteiger partial charge in [0.2, 0.25) is 0 Å². The van der Waals surface area contributed by atoms with E-state index in [2.05, 4.69) is 39.6 Å².